The maximum atomic E-state index is 10.7. The minimum Gasteiger partial charge on any atom is -0.399 e. The van der Waals surface area contributed by atoms with Crippen molar-refractivity contribution < 1.29 is 4.79 Å². The van der Waals surface area contributed by atoms with Crippen molar-refractivity contribution in [2.75, 3.05) is 12.3 Å². The zero-order valence-electron chi connectivity index (χ0n) is 10.3. The van der Waals surface area contributed by atoms with Gasteiger partial charge >= 0.3 is 6.03 Å². The van der Waals surface area contributed by atoms with E-state index in [0.717, 1.165) is 23.3 Å². The Balaban J connectivity index is 2.31. The number of fused-ring (bicyclic) bond motifs is 1. The predicted octanol–water partition coefficient (Wildman–Crippen LogP) is 0.849. The second kappa shape index (κ2) is 4.95. The summed E-state index contributed by atoms with van der Waals surface area (Å²) in [5, 5.41) is 2.58. The summed E-state index contributed by atoms with van der Waals surface area (Å²) in [5.74, 6) is 0.974. The fourth-order valence-corrected chi connectivity index (χ4v) is 2.01. The highest BCUT2D eigenvalue weighted by Gasteiger charge is 2.09. The summed E-state index contributed by atoms with van der Waals surface area (Å²) in [7, 11) is 0. The van der Waals surface area contributed by atoms with Crippen LogP contribution in [0.15, 0.2) is 18.2 Å². The van der Waals surface area contributed by atoms with E-state index in [4.69, 9.17) is 11.5 Å². The molecule has 0 saturated carbocycles. The summed E-state index contributed by atoms with van der Waals surface area (Å²) in [5.41, 5.74) is 13.4. The summed E-state index contributed by atoms with van der Waals surface area (Å²) in [6.45, 7) is 3.17. The Hall–Kier alpha value is -2.24. The van der Waals surface area contributed by atoms with Crippen LogP contribution in [0.2, 0.25) is 0 Å². The number of rotatable bonds is 4. The Kier molecular flexibility index (Phi) is 3.36. The Labute approximate surface area is 105 Å². The van der Waals surface area contributed by atoms with Gasteiger partial charge in [-0.25, -0.2) is 9.78 Å². The van der Waals surface area contributed by atoms with E-state index in [0.29, 0.717) is 18.8 Å². The molecule has 0 spiro atoms. The smallest absolute Gasteiger partial charge is 0.312 e. The van der Waals surface area contributed by atoms with Crippen LogP contribution < -0.4 is 16.8 Å². The van der Waals surface area contributed by atoms with E-state index in [1.54, 1.807) is 0 Å². The van der Waals surface area contributed by atoms with E-state index in [1.807, 2.05) is 25.1 Å². The Morgan fingerprint density at radius 2 is 2.28 bits per heavy atom. The number of carbonyl (C=O) groups is 1. The molecule has 0 saturated heterocycles. The van der Waals surface area contributed by atoms with Gasteiger partial charge in [0.15, 0.2) is 0 Å². The Morgan fingerprint density at radius 3 is 2.94 bits per heavy atom. The van der Waals surface area contributed by atoms with Gasteiger partial charge in [0.05, 0.1) is 11.0 Å². The third-order valence-electron chi connectivity index (χ3n) is 2.80. The number of nitrogens with two attached hydrogens (primary N) is 2. The monoisotopic (exact) mass is 247 g/mol. The normalized spacial score (nSPS) is 10.7. The molecule has 18 heavy (non-hydrogen) atoms. The first-order valence-electron chi connectivity index (χ1n) is 5.89. The van der Waals surface area contributed by atoms with Crippen molar-refractivity contribution in [1.82, 2.24) is 14.9 Å². The average Bonchev–Trinajstić information content (AvgIpc) is 2.66. The number of aryl methyl sites for hydroxylation is 1. The molecule has 0 radical (unpaired) electrons. The van der Waals surface area contributed by atoms with Crippen LogP contribution >= 0.6 is 0 Å². The van der Waals surface area contributed by atoms with Crippen LogP contribution in [0.5, 0.6) is 0 Å². The number of benzene rings is 1. The van der Waals surface area contributed by atoms with Crippen molar-refractivity contribution >= 4 is 22.8 Å². The van der Waals surface area contributed by atoms with Crippen LogP contribution in [-0.4, -0.2) is 22.1 Å². The molecule has 2 aromatic rings. The number of anilines is 1. The van der Waals surface area contributed by atoms with Crippen molar-refractivity contribution in [3.63, 3.8) is 0 Å². The molecule has 6 heteroatoms. The van der Waals surface area contributed by atoms with Crippen LogP contribution in [0.3, 0.4) is 0 Å². The second-order valence-corrected chi connectivity index (χ2v) is 4.07. The number of carbonyl (C=O) groups excluding carboxylic acids is 1. The van der Waals surface area contributed by atoms with Gasteiger partial charge in [0.25, 0.3) is 0 Å². The molecule has 0 fully saturated rings. The van der Waals surface area contributed by atoms with Crippen molar-refractivity contribution in [3.8, 4) is 0 Å². The third kappa shape index (κ3) is 2.37. The number of nitrogens with zero attached hydrogens (tertiary/aromatic N) is 2. The van der Waals surface area contributed by atoms with Crippen LogP contribution in [0.25, 0.3) is 11.0 Å². The average molecular weight is 247 g/mol. The molecule has 0 unspecified atom stereocenters. The molecule has 0 aliphatic carbocycles. The maximum absolute atomic E-state index is 10.7. The maximum Gasteiger partial charge on any atom is 0.312 e. The van der Waals surface area contributed by atoms with Crippen LogP contribution in [0.1, 0.15) is 12.7 Å². The fourth-order valence-electron chi connectivity index (χ4n) is 2.01. The van der Waals surface area contributed by atoms with Gasteiger partial charge in [0.2, 0.25) is 0 Å². The first kappa shape index (κ1) is 12.2. The number of primary amides is 1. The molecule has 2 rings (SSSR count). The summed E-state index contributed by atoms with van der Waals surface area (Å²) in [6.07, 6.45) is 0.825. The number of urea groups is 1. The minimum absolute atomic E-state index is 0.484. The second-order valence-electron chi connectivity index (χ2n) is 4.07. The van der Waals surface area contributed by atoms with Crippen molar-refractivity contribution in [1.29, 1.82) is 0 Å². The summed E-state index contributed by atoms with van der Waals surface area (Å²) >= 11 is 0. The lowest BCUT2D eigenvalue weighted by atomic mass is 10.3. The lowest BCUT2D eigenvalue weighted by Gasteiger charge is -2.08. The molecule has 0 bridgehead atoms. The van der Waals surface area contributed by atoms with Gasteiger partial charge in [0, 0.05) is 25.2 Å². The molecule has 2 amide bonds. The fraction of sp³-hybridized carbons (Fsp3) is 0.333. The number of hydrogen-bond acceptors (Lipinski definition) is 3. The zero-order valence-corrected chi connectivity index (χ0v) is 10.3. The van der Waals surface area contributed by atoms with Gasteiger partial charge in [-0.1, -0.05) is 6.92 Å². The molecule has 6 nitrogen and oxygen atoms in total. The lowest BCUT2D eigenvalue weighted by molar-refractivity contribution is 0.248. The standard InChI is InChI=1S/C12H17N5O/c1-2-11-16-9-7-8(13)3-4-10(9)17(11)6-5-15-12(14)18/h3-4,7H,2,5-6,13H2,1H3,(H3,14,15,18). The number of imidazole rings is 1. The molecular formula is C12H17N5O. The van der Waals surface area contributed by atoms with Gasteiger partial charge in [-0.05, 0) is 18.2 Å². The third-order valence-corrected chi connectivity index (χ3v) is 2.80. The number of amides is 2. The Morgan fingerprint density at radius 1 is 1.50 bits per heavy atom. The molecule has 0 aliphatic heterocycles. The highest BCUT2D eigenvalue weighted by atomic mass is 16.2. The zero-order chi connectivity index (χ0) is 13.1. The molecule has 0 aliphatic rings. The summed E-state index contributed by atoms with van der Waals surface area (Å²) < 4.78 is 2.07. The molecule has 96 valence electrons. The first-order chi connectivity index (χ1) is 8.61. The van der Waals surface area contributed by atoms with E-state index < -0.39 is 6.03 Å². The quantitative estimate of drug-likeness (QED) is 0.698. The van der Waals surface area contributed by atoms with E-state index in [-0.39, 0.29) is 0 Å². The molecule has 1 aromatic carbocycles. The van der Waals surface area contributed by atoms with Crippen molar-refractivity contribution in [3.05, 3.63) is 24.0 Å². The topological polar surface area (TPSA) is 99.0 Å². The first-order valence-corrected chi connectivity index (χ1v) is 5.89. The largest absolute Gasteiger partial charge is 0.399 e. The lowest BCUT2D eigenvalue weighted by Crippen LogP contribution is -2.32. The highest BCUT2D eigenvalue weighted by molar-refractivity contribution is 5.79. The number of hydrogen-bond donors (Lipinski definition) is 3. The molecule has 1 heterocycles. The van der Waals surface area contributed by atoms with Gasteiger partial charge in [-0.15, -0.1) is 0 Å². The molecular weight excluding hydrogens is 230 g/mol. The van der Waals surface area contributed by atoms with E-state index in [9.17, 15) is 4.79 Å². The molecule has 1 aromatic heterocycles. The van der Waals surface area contributed by atoms with Gasteiger partial charge in [0.1, 0.15) is 5.82 Å². The summed E-state index contributed by atoms with van der Waals surface area (Å²) in [4.78, 5) is 15.2. The predicted molar refractivity (Wildman–Crippen MR) is 71.1 cm³/mol. The van der Waals surface area contributed by atoms with Crippen LogP contribution in [0, 0.1) is 0 Å². The number of aromatic nitrogens is 2. The van der Waals surface area contributed by atoms with Gasteiger partial charge in [-0.2, -0.15) is 0 Å². The van der Waals surface area contributed by atoms with Crippen molar-refractivity contribution in [2.45, 2.75) is 19.9 Å². The van der Waals surface area contributed by atoms with E-state index in [2.05, 4.69) is 14.9 Å². The number of nitrogens with one attached hydrogen (secondary N) is 1. The van der Waals surface area contributed by atoms with E-state index >= 15 is 0 Å². The summed E-state index contributed by atoms with van der Waals surface area (Å²) in [6, 6.07) is 5.14. The minimum atomic E-state index is -0.512. The van der Waals surface area contributed by atoms with Gasteiger partial charge in [-0.3, -0.25) is 0 Å². The Bertz CT molecular complexity index is 575. The highest BCUT2D eigenvalue weighted by Crippen LogP contribution is 2.19. The SMILES string of the molecule is CCc1nc2cc(N)ccc2n1CCNC(N)=O. The van der Waals surface area contributed by atoms with E-state index in [1.165, 1.54) is 0 Å². The number of nitrogen functional groups attached to an aromatic ring is 1. The van der Waals surface area contributed by atoms with Crippen LogP contribution in [0.4, 0.5) is 10.5 Å². The molecule has 0 atom stereocenters. The van der Waals surface area contributed by atoms with Crippen LogP contribution in [-0.2, 0) is 13.0 Å². The molecule has 5 N–H and O–H groups in total. The van der Waals surface area contributed by atoms with Gasteiger partial charge < -0.3 is 21.4 Å². The van der Waals surface area contributed by atoms with Crippen molar-refractivity contribution in [2.24, 2.45) is 5.73 Å².